The summed E-state index contributed by atoms with van der Waals surface area (Å²) in [5.74, 6) is -3.88. The Morgan fingerprint density at radius 1 is 1.06 bits per heavy atom. The first-order valence-corrected chi connectivity index (χ1v) is 10.5. The molecule has 2 aromatic carbocycles. The molecule has 2 aromatic rings. The summed E-state index contributed by atoms with van der Waals surface area (Å²) in [4.78, 5) is 28.4. The van der Waals surface area contributed by atoms with E-state index in [1.165, 1.54) is 11.0 Å². The molecule has 1 amide bonds. The molecule has 5 rings (SSSR count). The molecular formula is C25H19F3N4O2. The van der Waals surface area contributed by atoms with Crippen LogP contribution in [0.2, 0.25) is 0 Å². The van der Waals surface area contributed by atoms with Gasteiger partial charge in [-0.3, -0.25) is 14.5 Å². The van der Waals surface area contributed by atoms with Crippen LogP contribution in [0, 0.1) is 34.2 Å². The molecule has 1 atom stereocenters. The predicted molar refractivity (Wildman–Crippen MR) is 117 cm³/mol. The first-order chi connectivity index (χ1) is 16.0. The van der Waals surface area contributed by atoms with Gasteiger partial charge in [0.05, 0.1) is 11.3 Å². The van der Waals surface area contributed by atoms with Crippen molar-refractivity contribution in [2.45, 2.75) is 32.1 Å². The molecule has 0 unspecified atom stereocenters. The van der Waals surface area contributed by atoms with Crippen molar-refractivity contribution in [2.75, 3.05) is 10.2 Å². The molecule has 34 heavy (non-hydrogen) atoms. The third-order valence-electron chi connectivity index (χ3n) is 6.61. The van der Waals surface area contributed by atoms with Crippen molar-refractivity contribution < 1.29 is 22.8 Å². The maximum atomic E-state index is 14.9. The van der Waals surface area contributed by atoms with E-state index >= 15 is 0 Å². The Morgan fingerprint density at radius 2 is 1.74 bits per heavy atom. The van der Waals surface area contributed by atoms with Gasteiger partial charge in [0.1, 0.15) is 34.8 Å². The lowest BCUT2D eigenvalue weighted by molar-refractivity contribution is -0.123. The van der Waals surface area contributed by atoms with Crippen LogP contribution in [0.5, 0.6) is 0 Å². The fourth-order valence-electron chi connectivity index (χ4n) is 5.33. The van der Waals surface area contributed by atoms with Gasteiger partial charge in [-0.2, -0.15) is 5.26 Å². The molecule has 3 aliphatic rings. The number of carbonyl (C=O) groups excluding carboxylic acids is 2. The van der Waals surface area contributed by atoms with Gasteiger partial charge in [-0.15, -0.1) is 0 Å². The quantitative estimate of drug-likeness (QED) is 0.661. The van der Waals surface area contributed by atoms with Gasteiger partial charge in [0.2, 0.25) is 5.91 Å². The monoisotopic (exact) mass is 464 g/mol. The van der Waals surface area contributed by atoms with Crippen molar-refractivity contribution in [3.63, 3.8) is 0 Å². The van der Waals surface area contributed by atoms with Gasteiger partial charge in [-0.25, -0.2) is 13.2 Å². The fraction of sp³-hybridized carbons (Fsp3) is 0.240. The number of amides is 1. The number of allylic oxidation sites excluding steroid dienone is 1. The smallest absolute Gasteiger partial charge is 0.245 e. The SMILES string of the molecule is CC1(C)CC(=O)C2=C(C1)N(c1ccc(F)cc1F)C(N)=C(C#N)[C@@]21C(=O)Nc2ccc(F)cc21. The molecule has 2 aliphatic heterocycles. The van der Waals surface area contributed by atoms with Crippen molar-refractivity contribution in [1.82, 2.24) is 0 Å². The number of ketones is 1. The van der Waals surface area contributed by atoms with Crippen molar-refractivity contribution in [1.29, 1.82) is 5.26 Å². The van der Waals surface area contributed by atoms with E-state index in [-0.39, 0.29) is 52.4 Å². The summed E-state index contributed by atoms with van der Waals surface area (Å²) in [7, 11) is 0. The number of nitrogens with one attached hydrogen (secondary N) is 1. The van der Waals surface area contributed by atoms with Gasteiger partial charge >= 0.3 is 0 Å². The normalized spacial score (nSPS) is 23.1. The number of hydrogen-bond donors (Lipinski definition) is 2. The second-order valence-corrected chi connectivity index (χ2v) is 9.46. The zero-order valence-corrected chi connectivity index (χ0v) is 18.3. The van der Waals surface area contributed by atoms with Crippen LogP contribution in [0.15, 0.2) is 59.1 Å². The maximum Gasteiger partial charge on any atom is 0.245 e. The molecule has 0 aromatic heterocycles. The molecule has 1 aliphatic carbocycles. The molecule has 6 nitrogen and oxygen atoms in total. The highest BCUT2D eigenvalue weighted by molar-refractivity contribution is 6.20. The molecule has 0 saturated heterocycles. The Morgan fingerprint density at radius 3 is 2.41 bits per heavy atom. The summed E-state index contributed by atoms with van der Waals surface area (Å²) >= 11 is 0. The molecule has 0 bridgehead atoms. The Hall–Kier alpha value is -4.06. The standard InChI is InChI=1S/C25H19F3N4O2/c1-24(2)9-19-21(20(33)10-24)25(14-7-12(26)3-5-17(14)31-23(25)34)15(11-29)22(30)32(19)18-6-4-13(27)8-16(18)28/h3-8H,9-10,30H2,1-2H3,(H,31,34)/t25-/m1/s1. The second kappa shape index (κ2) is 6.97. The highest BCUT2D eigenvalue weighted by Gasteiger charge is 2.61. The zero-order chi connectivity index (χ0) is 24.6. The minimum Gasteiger partial charge on any atom is -0.384 e. The number of carbonyl (C=O) groups is 2. The number of fused-ring (bicyclic) bond motifs is 3. The summed E-state index contributed by atoms with van der Waals surface area (Å²) in [6.45, 7) is 3.67. The van der Waals surface area contributed by atoms with Crippen LogP contribution >= 0.6 is 0 Å². The van der Waals surface area contributed by atoms with Crippen LogP contribution in [0.4, 0.5) is 24.5 Å². The van der Waals surface area contributed by atoms with Crippen LogP contribution < -0.4 is 16.0 Å². The largest absolute Gasteiger partial charge is 0.384 e. The van der Waals surface area contributed by atoms with Crippen LogP contribution in [-0.2, 0) is 15.0 Å². The van der Waals surface area contributed by atoms with E-state index < -0.39 is 40.0 Å². The van der Waals surface area contributed by atoms with Gasteiger partial charge < -0.3 is 11.1 Å². The third kappa shape index (κ3) is 2.75. The molecule has 172 valence electrons. The van der Waals surface area contributed by atoms with E-state index in [0.717, 1.165) is 24.3 Å². The summed E-state index contributed by atoms with van der Waals surface area (Å²) in [6.07, 6.45) is 0.244. The lowest BCUT2D eigenvalue weighted by atomic mass is 9.60. The predicted octanol–water partition coefficient (Wildman–Crippen LogP) is 4.15. The molecule has 0 saturated carbocycles. The average molecular weight is 464 g/mol. The summed E-state index contributed by atoms with van der Waals surface area (Å²) < 4.78 is 43.0. The van der Waals surface area contributed by atoms with E-state index in [2.05, 4.69) is 5.32 Å². The molecule has 3 N–H and O–H groups in total. The molecule has 1 spiro atoms. The number of halogens is 3. The van der Waals surface area contributed by atoms with E-state index in [0.29, 0.717) is 6.07 Å². The maximum absolute atomic E-state index is 14.9. The molecule has 2 heterocycles. The van der Waals surface area contributed by atoms with E-state index in [4.69, 9.17) is 5.73 Å². The Labute approximate surface area is 193 Å². The minimum atomic E-state index is -1.98. The zero-order valence-electron chi connectivity index (χ0n) is 18.3. The first kappa shape index (κ1) is 21.8. The number of anilines is 2. The minimum absolute atomic E-state index is 0.0455. The third-order valence-corrected chi connectivity index (χ3v) is 6.61. The van der Waals surface area contributed by atoms with Crippen LogP contribution in [0.3, 0.4) is 0 Å². The van der Waals surface area contributed by atoms with Crippen LogP contribution in [0.1, 0.15) is 32.3 Å². The van der Waals surface area contributed by atoms with Crippen molar-refractivity contribution >= 4 is 23.1 Å². The Bertz CT molecular complexity index is 1420. The number of hydrogen-bond acceptors (Lipinski definition) is 5. The number of nitrogens with zero attached hydrogens (tertiary/aromatic N) is 2. The molecule has 0 radical (unpaired) electrons. The van der Waals surface area contributed by atoms with E-state index in [9.17, 15) is 28.0 Å². The Kier molecular flexibility index (Phi) is 4.46. The number of rotatable bonds is 1. The van der Waals surface area contributed by atoms with E-state index in [1.54, 1.807) is 0 Å². The number of Topliss-reactive ketones (excluding diaryl/α,β-unsaturated/α-hetero) is 1. The molecule has 9 heteroatoms. The van der Waals surface area contributed by atoms with Crippen molar-refractivity contribution in [3.8, 4) is 6.07 Å². The lowest BCUT2D eigenvalue weighted by Gasteiger charge is -2.46. The summed E-state index contributed by atoms with van der Waals surface area (Å²) in [6, 6.07) is 8.39. The summed E-state index contributed by atoms with van der Waals surface area (Å²) in [5.41, 5.74) is 3.87. The second-order valence-electron chi connectivity index (χ2n) is 9.46. The highest BCUT2D eigenvalue weighted by atomic mass is 19.1. The number of nitrogens with two attached hydrogens (primary N) is 1. The topological polar surface area (TPSA) is 99.2 Å². The van der Waals surface area contributed by atoms with Crippen LogP contribution in [-0.4, -0.2) is 11.7 Å². The first-order valence-electron chi connectivity index (χ1n) is 10.5. The van der Waals surface area contributed by atoms with Crippen molar-refractivity contribution in [2.24, 2.45) is 11.1 Å². The fourth-order valence-corrected chi connectivity index (χ4v) is 5.33. The highest BCUT2D eigenvalue weighted by Crippen LogP contribution is 2.57. The van der Waals surface area contributed by atoms with Gasteiger partial charge in [0.25, 0.3) is 0 Å². The van der Waals surface area contributed by atoms with E-state index in [1.807, 2.05) is 19.9 Å². The number of nitriles is 1. The average Bonchev–Trinajstić information content (AvgIpc) is 3.00. The van der Waals surface area contributed by atoms with Crippen molar-refractivity contribution in [3.05, 3.63) is 82.1 Å². The van der Waals surface area contributed by atoms with Gasteiger partial charge in [0, 0.05) is 35.0 Å². The summed E-state index contributed by atoms with van der Waals surface area (Å²) in [5, 5.41) is 12.8. The molecule has 0 fully saturated rings. The van der Waals surface area contributed by atoms with Gasteiger partial charge in [0.15, 0.2) is 5.78 Å². The van der Waals surface area contributed by atoms with Gasteiger partial charge in [-0.1, -0.05) is 13.8 Å². The number of benzene rings is 2. The van der Waals surface area contributed by atoms with Crippen LogP contribution in [0.25, 0.3) is 0 Å². The Balaban J connectivity index is 1.92. The van der Waals surface area contributed by atoms with Gasteiger partial charge in [-0.05, 0) is 42.2 Å². The molecular weight excluding hydrogens is 445 g/mol. The lowest BCUT2D eigenvalue weighted by Crippen LogP contribution is -2.52.